The molecule has 7 nitrogen and oxygen atoms in total. The Morgan fingerprint density at radius 1 is 1.21 bits per heavy atom. The van der Waals surface area contributed by atoms with E-state index in [2.05, 4.69) is 17.1 Å². The van der Waals surface area contributed by atoms with Crippen LogP contribution in [0.25, 0.3) is 0 Å². The summed E-state index contributed by atoms with van der Waals surface area (Å²) in [6.07, 6.45) is 0. The number of hydrazine groups is 2. The zero-order valence-corrected chi connectivity index (χ0v) is 12.8. The quantitative estimate of drug-likeness (QED) is 0.176. The van der Waals surface area contributed by atoms with Gasteiger partial charge in [-0.3, -0.25) is 22.1 Å². The van der Waals surface area contributed by atoms with E-state index in [1.807, 2.05) is 6.92 Å². The van der Waals surface area contributed by atoms with E-state index in [4.69, 9.17) is 33.6 Å². The third-order valence-corrected chi connectivity index (χ3v) is 2.66. The van der Waals surface area contributed by atoms with Crippen molar-refractivity contribution in [3.8, 4) is 0 Å². The first-order valence-electron chi connectivity index (χ1n) is 4.79. The van der Waals surface area contributed by atoms with Crippen molar-refractivity contribution < 1.29 is 13.0 Å². The van der Waals surface area contributed by atoms with Crippen molar-refractivity contribution in [1.29, 1.82) is 0 Å². The largest absolute Gasteiger partial charge is 0.294 e. The van der Waals surface area contributed by atoms with Crippen LogP contribution in [0.2, 0.25) is 0 Å². The van der Waals surface area contributed by atoms with Crippen molar-refractivity contribution in [2.24, 2.45) is 17.5 Å². The highest BCUT2D eigenvalue weighted by molar-refractivity contribution is 7.85. The summed E-state index contributed by atoms with van der Waals surface area (Å²) in [7, 11) is -4.02. The molecule has 0 spiro atoms. The molecule has 10 heteroatoms. The van der Waals surface area contributed by atoms with Crippen LogP contribution in [0.3, 0.4) is 0 Å². The Morgan fingerprint density at radius 3 is 1.74 bits per heavy atom. The maximum absolute atomic E-state index is 10.5. The Hall–Kier alpha value is -0.450. The molecule has 1 rings (SSSR count). The Kier molecular flexibility index (Phi) is 10.4. The van der Waals surface area contributed by atoms with Crippen molar-refractivity contribution in [2.45, 2.75) is 23.2 Å². The Labute approximate surface area is 122 Å². The second-order valence-electron chi connectivity index (χ2n) is 3.32. The number of benzene rings is 1. The molecule has 8 N–H and O–H groups in total. The first kappa shape index (κ1) is 20.9. The zero-order chi connectivity index (χ0) is 15.7. The van der Waals surface area contributed by atoms with Gasteiger partial charge in [-0.2, -0.15) is 8.42 Å². The summed E-state index contributed by atoms with van der Waals surface area (Å²) in [6.45, 7) is 3.38. The summed E-state index contributed by atoms with van der Waals surface area (Å²) in [5, 5.41) is 0. The third-order valence-electron chi connectivity index (χ3n) is 1.57. The first-order chi connectivity index (χ1) is 8.56. The molecule has 0 saturated carbocycles. The number of nitrogens with one attached hydrogen (secondary N) is 1. The minimum atomic E-state index is -4.02. The van der Waals surface area contributed by atoms with Crippen molar-refractivity contribution in [2.75, 3.05) is 0 Å². The van der Waals surface area contributed by atoms with Gasteiger partial charge in [-0.1, -0.05) is 40.9 Å². The molecule has 0 radical (unpaired) electrons. The molecule has 19 heavy (non-hydrogen) atoms. The van der Waals surface area contributed by atoms with E-state index in [9.17, 15) is 8.42 Å². The van der Waals surface area contributed by atoms with Crippen molar-refractivity contribution >= 4 is 33.3 Å². The van der Waals surface area contributed by atoms with Gasteiger partial charge in [0.1, 0.15) is 0 Å². The van der Waals surface area contributed by atoms with Crippen molar-refractivity contribution in [3.05, 3.63) is 29.8 Å². The lowest BCUT2D eigenvalue weighted by Crippen LogP contribution is -2.36. The summed E-state index contributed by atoms with van der Waals surface area (Å²) in [5.41, 5.74) is 3.09. The van der Waals surface area contributed by atoms with E-state index in [0.29, 0.717) is 0 Å². The van der Waals surface area contributed by atoms with Crippen LogP contribution in [0.15, 0.2) is 29.2 Å². The van der Waals surface area contributed by atoms with E-state index in [1.54, 1.807) is 12.1 Å². The van der Waals surface area contributed by atoms with Crippen LogP contribution in [-0.4, -0.2) is 17.4 Å². The minimum Gasteiger partial charge on any atom is -0.282 e. The van der Waals surface area contributed by atoms with Crippen molar-refractivity contribution in [3.63, 3.8) is 0 Å². The van der Waals surface area contributed by atoms with Crippen LogP contribution < -0.4 is 23.0 Å². The average Bonchev–Trinajstić information content (AvgIpc) is 2.31. The summed E-state index contributed by atoms with van der Waals surface area (Å²) >= 11 is 10.5. The fraction of sp³-hybridized carbons (Fsp3) is 0.333. The second kappa shape index (κ2) is 9.45. The highest BCUT2D eigenvalue weighted by Crippen LogP contribution is 2.11. The Morgan fingerprint density at radius 2 is 1.53 bits per heavy atom. The molecule has 0 unspecified atom stereocenters. The fourth-order valence-electron chi connectivity index (χ4n) is 0.710. The lowest BCUT2D eigenvalue weighted by atomic mass is 10.2. The Bertz CT molecular complexity index is 446. The summed E-state index contributed by atoms with van der Waals surface area (Å²) in [4.78, 5) is -0.0666. The molecule has 0 aliphatic rings. The van der Waals surface area contributed by atoms with Gasteiger partial charge in [0.15, 0.2) is 4.46 Å². The summed E-state index contributed by atoms with van der Waals surface area (Å²) < 4.78 is 28.6. The maximum Gasteiger partial charge on any atom is 0.294 e. The molecule has 112 valence electrons. The SMILES string of the molecule is CC(Cl)(Cl)NN.Cc1ccc(S(=O)(=O)O)cc1.NN. The summed E-state index contributed by atoms with van der Waals surface area (Å²) in [5.74, 6) is 12.8. The fourth-order valence-corrected chi connectivity index (χ4v) is 1.19. The highest BCUT2D eigenvalue weighted by Gasteiger charge is 2.10. The van der Waals surface area contributed by atoms with Gasteiger partial charge in [0.25, 0.3) is 10.1 Å². The van der Waals surface area contributed by atoms with Crippen LogP contribution in [0, 0.1) is 6.92 Å². The van der Waals surface area contributed by atoms with Crippen LogP contribution in [0.5, 0.6) is 0 Å². The van der Waals surface area contributed by atoms with Crippen LogP contribution >= 0.6 is 23.2 Å². The van der Waals surface area contributed by atoms with Gasteiger partial charge in [-0.05, 0) is 26.0 Å². The lowest BCUT2D eigenvalue weighted by Gasteiger charge is -2.08. The molecule has 0 aromatic heterocycles. The van der Waals surface area contributed by atoms with Gasteiger partial charge < -0.3 is 0 Å². The molecule has 0 bridgehead atoms. The monoisotopic (exact) mass is 332 g/mol. The molecule has 0 amide bonds. The van der Waals surface area contributed by atoms with Crippen molar-refractivity contribution in [1.82, 2.24) is 5.43 Å². The number of alkyl halides is 2. The Balaban J connectivity index is 0. The zero-order valence-electron chi connectivity index (χ0n) is 10.5. The number of aryl methyl sites for hydroxylation is 1. The standard InChI is InChI=1S/C7H8O3S.C2H6Cl2N2.H4N2/c1-6-2-4-7(5-3-6)11(8,9)10;1-2(3,4)6-5;1-2/h2-5H,1H3,(H,8,9,10);6H,5H2,1H3;1-2H2. The average molecular weight is 333 g/mol. The molecule has 0 fully saturated rings. The second-order valence-corrected chi connectivity index (χ2v) is 6.45. The first-order valence-corrected chi connectivity index (χ1v) is 6.99. The molecule has 0 aliphatic carbocycles. The molecule has 0 saturated heterocycles. The van der Waals surface area contributed by atoms with Crippen LogP contribution in [0.4, 0.5) is 0 Å². The molecule has 0 atom stereocenters. The summed E-state index contributed by atoms with van der Waals surface area (Å²) in [6, 6.07) is 5.99. The minimum absolute atomic E-state index is 0.0666. The predicted molar refractivity (Wildman–Crippen MR) is 76.8 cm³/mol. The maximum atomic E-state index is 10.5. The molecular formula is C9H18Cl2N4O3S. The molecule has 0 heterocycles. The third kappa shape index (κ3) is 12.3. The van der Waals surface area contributed by atoms with Gasteiger partial charge in [0.05, 0.1) is 4.90 Å². The molecular weight excluding hydrogens is 315 g/mol. The van der Waals surface area contributed by atoms with Gasteiger partial charge in [0, 0.05) is 0 Å². The van der Waals surface area contributed by atoms with Gasteiger partial charge in [-0.15, -0.1) is 0 Å². The molecule has 0 aliphatic heterocycles. The number of hydrogen-bond donors (Lipinski definition) is 5. The normalized spacial score (nSPS) is 10.7. The van der Waals surface area contributed by atoms with Gasteiger partial charge in [0.2, 0.25) is 0 Å². The van der Waals surface area contributed by atoms with E-state index >= 15 is 0 Å². The number of rotatable bonds is 2. The van der Waals surface area contributed by atoms with E-state index < -0.39 is 14.6 Å². The molecule has 1 aromatic carbocycles. The smallest absolute Gasteiger partial charge is 0.282 e. The lowest BCUT2D eigenvalue weighted by molar-refractivity contribution is 0.483. The van der Waals surface area contributed by atoms with E-state index in [-0.39, 0.29) is 4.90 Å². The number of nitrogens with two attached hydrogens (primary N) is 3. The number of hydrogen-bond acceptors (Lipinski definition) is 6. The molecule has 1 aromatic rings. The van der Waals surface area contributed by atoms with Crippen LogP contribution in [-0.2, 0) is 10.1 Å². The topological polar surface area (TPSA) is 144 Å². The highest BCUT2D eigenvalue weighted by atomic mass is 35.5. The van der Waals surface area contributed by atoms with Crippen LogP contribution in [0.1, 0.15) is 12.5 Å². The van der Waals surface area contributed by atoms with Gasteiger partial charge >= 0.3 is 0 Å². The van der Waals surface area contributed by atoms with Gasteiger partial charge in [-0.25, -0.2) is 5.43 Å². The van der Waals surface area contributed by atoms with E-state index in [0.717, 1.165) is 5.56 Å². The van der Waals surface area contributed by atoms with E-state index in [1.165, 1.54) is 19.1 Å². The number of halogens is 2. The predicted octanol–water partition coefficient (Wildman–Crippen LogP) is 0.662.